The lowest BCUT2D eigenvalue weighted by Crippen LogP contribution is -2.44. The van der Waals surface area contributed by atoms with Gasteiger partial charge in [0.15, 0.2) is 0 Å². The van der Waals surface area contributed by atoms with Crippen LogP contribution in [-0.4, -0.2) is 72.7 Å². The smallest absolute Gasteiger partial charge is 0.255 e. The van der Waals surface area contributed by atoms with Crippen LogP contribution in [-0.2, 0) is 4.74 Å². The van der Waals surface area contributed by atoms with Gasteiger partial charge in [-0.15, -0.1) is 0 Å². The highest BCUT2D eigenvalue weighted by atomic mass is 16.5. The molecule has 2 heterocycles. The second-order valence-corrected chi connectivity index (χ2v) is 7.68. The Morgan fingerprint density at radius 2 is 1.92 bits per heavy atom. The lowest BCUT2D eigenvalue weighted by molar-refractivity contribution is -0.0168. The predicted molar refractivity (Wildman–Crippen MR) is 98.0 cm³/mol. The van der Waals surface area contributed by atoms with Gasteiger partial charge >= 0.3 is 0 Å². The Morgan fingerprint density at radius 1 is 1.24 bits per heavy atom. The summed E-state index contributed by atoms with van der Waals surface area (Å²) in [6, 6.07) is 4.10. The van der Waals surface area contributed by atoms with E-state index >= 15 is 0 Å². The molecule has 0 aromatic carbocycles. The number of aromatic nitrogens is 1. The van der Waals surface area contributed by atoms with Crippen LogP contribution in [0.4, 0.5) is 0 Å². The Hall–Kier alpha value is -1.66. The van der Waals surface area contributed by atoms with Gasteiger partial charge in [-0.3, -0.25) is 4.79 Å². The van der Waals surface area contributed by atoms with Gasteiger partial charge in [0, 0.05) is 31.4 Å². The van der Waals surface area contributed by atoms with E-state index in [-0.39, 0.29) is 11.5 Å². The number of ether oxygens (including phenoxy) is 2. The third-order valence-corrected chi connectivity index (χ3v) is 4.33. The van der Waals surface area contributed by atoms with E-state index in [1.54, 1.807) is 18.3 Å². The molecule has 6 nitrogen and oxygen atoms in total. The maximum Gasteiger partial charge on any atom is 0.255 e. The fourth-order valence-corrected chi connectivity index (χ4v) is 2.85. The van der Waals surface area contributed by atoms with Crippen LogP contribution in [0.3, 0.4) is 0 Å². The van der Waals surface area contributed by atoms with E-state index in [9.17, 15) is 4.79 Å². The van der Waals surface area contributed by atoms with E-state index in [1.165, 1.54) is 0 Å². The Balaban J connectivity index is 1.80. The molecule has 2 rings (SSSR count). The van der Waals surface area contributed by atoms with Crippen molar-refractivity contribution in [2.45, 2.75) is 45.3 Å². The average Bonchev–Trinajstić information content (AvgIpc) is 2.58. The molecule has 25 heavy (non-hydrogen) atoms. The van der Waals surface area contributed by atoms with Crippen molar-refractivity contribution < 1.29 is 14.3 Å². The molecule has 0 radical (unpaired) electrons. The number of nitrogens with zero attached hydrogens (tertiary/aromatic N) is 3. The molecule has 0 aliphatic carbocycles. The molecule has 1 aromatic rings. The van der Waals surface area contributed by atoms with Crippen LogP contribution in [0.5, 0.6) is 5.88 Å². The minimum absolute atomic E-state index is 0.0484. The highest BCUT2D eigenvalue weighted by Gasteiger charge is 2.24. The van der Waals surface area contributed by atoms with Gasteiger partial charge in [0.25, 0.3) is 5.91 Å². The van der Waals surface area contributed by atoms with Gasteiger partial charge in [0.1, 0.15) is 6.61 Å². The zero-order chi connectivity index (χ0) is 18.4. The zero-order valence-electron chi connectivity index (χ0n) is 16.1. The van der Waals surface area contributed by atoms with Crippen LogP contribution in [0, 0.1) is 0 Å². The van der Waals surface area contributed by atoms with Crippen LogP contribution in [0.2, 0.25) is 0 Å². The Bertz CT molecular complexity index is 544. The molecule has 1 amide bonds. The number of piperidine rings is 1. The molecule has 0 saturated carbocycles. The number of hydrogen-bond acceptors (Lipinski definition) is 5. The normalized spacial score (nSPS) is 16.3. The Kier molecular flexibility index (Phi) is 6.79. The number of hydrogen-bond donors (Lipinski definition) is 0. The summed E-state index contributed by atoms with van der Waals surface area (Å²) in [5, 5.41) is 0. The molecular formula is C19H31N3O3. The first-order valence-corrected chi connectivity index (χ1v) is 8.95. The van der Waals surface area contributed by atoms with Crippen LogP contribution in [0.15, 0.2) is 18.3 Å². The van der Waals surface area contributed by atoms with E-state index in [0.29, 0.717) is 30.7 Å². The van der Waals surface area contributed by atoms with Gasteiger partial charge in [-0.25, -0.2) is 4.98 Å². The molecule has 140 valence electrons. The van der Waals surface area contributed by atoms with E-state index in [2.05, 4.69) is 24.0 Å². The van der Waals surface area contributed by atoms with Crippen LogP contribution in [0.25, 0.3) is 0 Å². The van der Waals surface area contributed by atoms with Gasteiger partial charge in [0.2, 0.25) is 5.88 Å². The van der Waals surface area contributed by atoms with E-state index in [4.69, 9.17) is 9.47 Å². The topological polar surface area (TPSA) is 54.9 Å². The molecule has 0 spiro atoms. The zero-order valence-corrected chi connectivity index (χ0v) is 16.1. The first kappa shape index (κ1) is 19.7. The number of carbonyl (C=O) groups excluding carboxylic acids is 1. The second-order valence-electron chi connectivity index (χ2n) is 7.68. The van der Waals surface area contributed by atoms with Crippen molar-refractivity contribution in [2.24, 2.45) is 0 Å². The molecule has 6 heteroatoms. The van der Waals surface area contributed by atoms with Gasteiger partial charge in [-0.05, 0) is 53.8 Å². The number of amides is 1. The molecule has 0 unspecified atom stereocenters. The summed E-state index contributed by atoms with van der Waals surface area (Å²) in [6.07, 6.45) is 3.63. The van der Waals surface area contributed by atoms with Gasteiger partial charge < -0.3 is 19.3 Å². The molecule has 1 aliphatic heterocycles. The SMILES string of the molecule is CN(C)C1CCN(C(=O)c2ccc(OCCOC(C)(C)C)nc2)CC1. The quantitative estimate of drug-likeness (QED) is 0.739. The van der Waals surface area contributed by atoms with Crippen molar-refractivity contribution in [3.8, 4) is 5.88 Å². The van der Waals surface area contributed by atoms with Crippen molar-refractivity contribution in [1.29, 1.82) is 0 Å². The monoisotopic (exact) mass is 349 g/mol. The van der Waals surface area contributed by atoms with Crippen molar-refractivity contribution in [3.63, 3.8) is 0 Å². The minimum Gasteiger partial charge on any atom is -0.475 e. The standard InChI is InChI=1S/C19H31N3O3/c1-19(2,3)25-13-12-24-17-7-6-15(14-20-17)18(23)22-10-8-16(9-11-22)21(4)5/h6-7,14,16H,8-13H2,1-5H3. The van der Waals surface area contributed by atoms with Gasteiger partial charge in [-0.2, -0.15) is 0 Å². The van der Waals surface area contributed by atoms with E-state index in [1.807, 2.05) is 25.7 Å². The average molecular weight is 349 g/mol. The third kappa shape index (κ3) is 6.29. The van der Waals surface area contributed by atoms with E-state index in [0.717, 1.165) is 25.9 Å². The first-order chi connectivity index (χ1) is 11.8. The number of pyridine rings is 1. The summed E-state index contributed by atoms with van der Waals surface area (Å²) in [7, 11) is 4.19. The third-order valence-electron chi connectivity index (χ3n) is 4.33. The Morgan fingerprint density at radius 3 is 2.44 bits per heavy atom. The largest absolute Gasteiger partial charge is 0.475 e. The fourth-order valence-electron chi connectivity index (χ4n) is 2.85. The van der Waals surface area contributed by atoms with Crippen molar-refractivity contribution >= 4 is 5.91 Å². The lowest BCUT2D eigenvalue weighted by atomic mass is 10.0. The van der Waals surface area contributed by atoms with Gasteiger partial charge in [0.05, 0.1) is 17.8 Å². The highest BCUT2D eigenvalue weighted by Crippen LogP contribution is 2.17. The van der Waals surface area contributed by atoms with Crippen LogP contribution in [0.1, 0.15) is 44.0 Å². The first-order valence-electron chi connectivity index (χ1n) is 8.95. The summed E-state index contributed by atoms with van der Waals surface area (Å²) in [4.78, 5) is 21.0. The maximum absolute atomic E-state index is 12.6. The summed E-state index contributed by atoms with van der Waals surface area (Å²) in [5.41, 5.74) is 0.439. The molecule has 1 aliphatic rings. The van der Waals surface area contributed by atoms with Crippen molar-refractivity contribution in [3.05, 3.63) is 23.9 Å². The predicted octanol–water partition coefficient (Wildman–Crippen LogP) is 2.44. The fraction of sp³-hybridized carbons (Fsp3) is 0.684. The van der Waals surface area contributed by atoms with Crippen molar-refractivity contribution in [2.75, 3.05) is 40.4 Å². The number of carbonyl (C=O) groups is 1. The molecule has 0 atom stereocenters. The van der Waals surface area contributed by atoms with Crippen LogP contribution >= 0.6 is 0 Å². The van der Waals surface area contributed by atoms with Gasteiger partial charge in [-0.1, -0.05) is 0 Å². The minimum atomic E-state index is -0.174. The van der Waals surface area contributed by atoms with Crippen LogP contribution < -0.4 is 4.74 Å². The molecule has 1 aromatic heterocycles. The summed E-state index contributed by atoms with van der Waals surface area (Å²) >= 11 is 0. The maximum atomic E-state index is 12.6. The molecule has 1 saturated heterocycles. The molecule has 0 bridgehead atoms. The lowest BCUT2D eigenvalue weighted by Gasteiger charge is -2.35. The molecule has 1 fully saturated rings. The summed E-state index contributed by atoms with van der Waals surface area (Å²) in [5.74, 6) is 0.563. The summed E-state index contributed by atoms with van der Waals surface area (Å²) in [6.45, 7) is 8.56. The summed E-state index contributed by atoms with van der Waals surface area (Å²) < 4.78 is 11.2. The van der Waals surface area contributed by atoms with E-state index < -0.39 is 0 Å². The number of rotatable bonds is 6. The van der Waals surface area contributed by atoms with Crippen molar-refractivity contribution in [1.82, 2.24) is 14.8 Å². The Labute approximate surface area is 151 Å². The second kappa shape index (κ2) is 8.63. The molecular weight excluding hydrogens is 318 g/mol. The molecule has 0 N–H and O–H groups in total. The number of likely N-dealkylation sites (tertiary alicyclic amines) is 1. The highest BCUT2D eigenvalue weighted by molar-refractivity contribution is 5.94.